The molecular weight excluding hydrogens is 671 g/mol. The van der Waals surface area contributed by atoms with Crippen molar-refractivity contribution in [3.63, 3.8) is 0 Å². The van der Waals surface area contributed by atoms with E-state index in [-0.39, 0.29) is 0 Å². The number of nitrogens with zero attached hydrogens (tertiary/aromatic N) is 3. The lowest BCUT2D eigenvalue weighted by atomic mass is 9.99. The summed E-state index contributed by atoms with van der Waals surface area (Å²) in [5.74, 6) is 0.902. The van der Waals surface area contributed by atoms with Gasteiger partial charge in [-0.3, -0.25) is 4.57 Å². The van der Waals surface area contributed by atoms with Gasteiger partial charge in [0.2, 0.25) is 0 Å². The van der Waals surface area contributed by atoms with Gasteiger partial charge in [-0.1, -0.05) is 115 Å². The summed E-state index contributed by atoms with van der Waals surface area (Å²) in [7, 11) is 0. The Balaban J connectivity index is 1.14. The minimum atomic E-state index is 0.767. The number of aliphatic imine (C=N–C) groups is 1. The molecule has 3 aromatic heterocycles. The van der Waals surface area contributed by atoms with Crippen LogP contribution in [0.1, 0.15) is 16.7 Å². The Labute approximate surface area is 316 Å². The molecule has 0 bridgehead atoms. The van der Waals surface area contributed by atoms with E-state index in [0.717, 1.165) is 73.1 Å². The molecule has 1 aliphatic heterocycles. The van der Waals surface area contributed by atoms with Gasteiger partial charge < -0.3 is 8.98 Å². The molecule has 4 heterocycles. The summed E-state index contributed by atoms with van der Waals surface area (Å²) in [6.45, 7) is 2.13. The molecule has 0 saturated heterocycles. The number of hydrogen-bond donors (Lipinski definition) is 0. The van der Waals surface area contributed by atoms with E-state index in [4.69, 9.17) is 9.41 Å². The van der Waals surface area contributed by atoms with Crippen LogP contribution in [0, 0.1) is 6.92 Å². The quantitative estimate of drug-likeness (QED) is 0.177. The first-order chi connectivity index (χ1) is 27.2. The molecule has 11 aromatic rings. The number of aromatic nitrogens is 2. The van der Waals surface area contributed by atoms with E-state index in [1.54, 1.807) is 0 Å². The van der Waals surface area contributed by atoms with Gasteiger partial charge in [0.25, 0.3) is 0 Å². The zero-order valence-electron chi connectivity index (χ0n) is 30.1. The summed E-state index contributed by atoms with van der Waals surface area (Å²) in [5.41, 5.74) is 12.0. The molecule has 12 rings (SSSR count). The molecule has 4 nitrogen and oxygen atoms in total. The molecule has 0 amide bonds. The third-order valence-electron chi connectivity index (χ3n) is 11.6. The van der Waals surface area contributed by atoms with Crippen molar-refractivity contribution in [2.24, 2.45) is 4.99 Å². The third-order valence-corrected chi connectivity index (χ3v) is 11.6. The lowest BCUT2D eigenvalue weighted by molar-refractivity contribution is 0.669. The number of benzene rings is 8. The first-order valence-electron chi connectivity index (χ1n) is 18.9. The zero-order valence-corrected chi connectivity index (χ0v) is 30.1. The fourth-order valence-electron chi connectivity index (χ4n) is 8.96. The highest BCUT2D eigenvalue weighted by Crippen LogP contribution is 2.42. The number of furan rings is 1. The predicted octanol–water partition coefficient (Wildman–Crippen LogP) is 13.5. The Morgan fingerprint density at radius 1 is 0.545 bits per heavy atom. The Morgan fingerprint density at radius 3 is 2.18 bits per heavy atom. The van der Waals surface area contributed by atoms with E-state index < -0.39 is 0 Å². The lowest BCUT2D eigenvalue weighted by Gasteiger charge is -2.16. The van der Waals surface area contributed by atoms with Crippen LogP contribution in [0.15, 0.2) is 179 Å². The van der Waals surface area contributed by atoms with Crippen molar-refractivity contribution in [1.82, 2.24) is 9.13 Å². The largest absolute Gasteiger partial charge is 0.456 e. The van der Waals surface area contributed by atoms with Crippen molar-refractivity contribution < 1.29 is 4.42 Å². The van der Waals surface area contributed by atoms with E-state index in [1.165, 1.54) is 49.0 Å². The second-order valence-corrected chi connectivity index (χ2v) is 14.8. The number of fused-ring (bicyclic) bond motifs is 12. The van der Waals surface area contributed by atoms with Crippen LogP contribution in [0.4, 0.5) is 5.69 Å². The van der Waals surface area contributed by atoms with Crippen molar-refractivity contribution in [2.75, 3.05) is 0 Å². The van der Waals surface area contributed by atoms with Gasteiger partial charge in [-0.2, -0.15) is 0 Å². The van der Waals surface area contributed by atoms with Crippen molar-refractivity contribution in [3.8, 4) is 5.69 Å². The summed E-state index contributed by atoms with van der Waals surface area (Å²) in [4.78, 5) is 5.75. The van der Waals surface area contributed by atoms with Crippen LogP contribution in [-0.2, 0) is 6.42 Å². The van der Waals surface area contributed by atoms with Crippen molar-refractivity contribution in [2.45, 2.75) is 13.3 Å². The summed E-state index contributed by atoms with van der Waals surface area (Å²) >= 11 is 0. The highest BCUT2D eigenvalue weighted by atomic mass is 16.3. The Morgan fingerprint density at radius 2 is 1.31 bits per heavy atom. The molecule has 55 heavy (non-hydrogen) atoms. The van der Waals surface area contributed by atoms with Crippen LogP contribution in [0.25, 0.3) is 87.5 Å². The van der Waals surface area contributed by atoms with Crippen molar-refractivity contribution >= 4 is 93.3 Å². The van der Waals surface area contributed by atoms with Gasteiger partial charge in [-0.05, 0) is 89.2 Å². The van der Waals surface area contributed by atoms with Crippen LogP contribution >= 0.6 is 0 Å². The van der Waals surface area contributed by atoms with Gasteiger partial charge in [0.15, 0.2) is 0 Å². The van der Waals surface area contributed by atoms with E-state index in [9.17, 15) is 0 Å². The van der Waals surface area contributed by atoms with Gasteiger partial charge in [0.1, 0.15) is 17.0 Å². The minimum absolute atomic E-state index is 0.767. The maximum Gasteiger partial charge on any atom is 0.145 e. The van der Waals surface area contributed by atoms with Crippen molar-refractivity contribution in [1.29, 1.82) is 0 Å². The van der Waals surface area contributed by atoms with E-state index >= 15 is 0 Å². The smallest absolute Gasteiger partial charge is 0.145 e. The molecule has 0 radical (unpaired) electrons. The van der Waals surface area contributed by atoms with Gasteiger partial charge >= 0.3 is 0 Å². The van der Waals surface area contributed by atoms with Gasteiger partial charge in [0.05, 0.1) is 22.2 Å². The zero-order chi connectivity index (χ0) is 36.2. The highest BCUT2D eigenvalue weighted by molar-refractivity contribution is 6.32. The Hall–Kier alpha value is -7.17. The molecule has 0 aliphatic carbocycles. The van der Waals surface area contributed by atoms with Gasteiger partial charge in [-0.25, -0.2) is 4.99 Å². The molecule has 0 spiro atoms. The van der Waals surface area contributed by atoms with Gasteiger partial charge in [-0.15, -0.1) is 0 Å². The number of aryl methyl sites for hydroxylation is 1. The number of rotatable bonds is 2. The van der Waals surface area contributed by atoms with E-state index in [1.807, 2.05) is 0 Å². The average Bonchev–Trinajstić information content (AvgIpc) is 3.87. The molecule has 8 aromatic carbocycles. The first-order valence-corrected chi connectivity index (χ1v) is 18.9. The maximum absolute atomic E-state index is 6.68. The molecule has 258 valence electrons. The number of para-hydroxylation sites is 1. The topological polar surface area (TPSA) is 35.4 Å². The normalized spacial score (nSPS) is 13.3. The standard InChI is InChI=1S/C51H33N3O/c1-31-14-21-37(22-15-31)53-27-26-36-28-35(19-24-44(36)53)40-23-18-34-17-16-33-9-3-5-11-39(33)50(34)52-51(40)54-45-13-7-6-12-41(45)42-29-43-48(30-46(42)54)55-47-25-20-32-8-2-4-10-38(32)49(43)47/h2-17,19-30H,18H2,1H3. The predicted molar refractivity (Wildman–Crippen MR) is 230 cm³/mol. The SMILES string of the molecule is Cc1ccc(-n2ccc3cc(C4=CCc5ccc6ccccc6c5N=C4n4c5ccccc5c5cc6c(cc54)oc4ccc5ccccc5c46)ccc32)cc1. The summed E-state index contributed by atoms with van der Waals surface area (Å²) in [6, 6.07) is 57.0. The number of hydrogen-bond acceptors (Lipinski definition) is 2. The number of allylic oxidation sites excluding steroid dienone is 2. The minimum Gasteiger partial charge on any atom is -0.456 e. The molecule has 4 heteroatoms. The van der Waals surface area contributed by atoms with Crippen LogP contribution in [0.3, 0.4) is 0 Å². The fraction of sp³-hybridized carbons (Fsp3) is 0.0392. The molecule has 1 aliphatic rings. The monoisotopic (exact) mass is 703 g/mol. The van der Waals surface area contributed by atoms with E-state index in [2.05, 4.69) is 186 Å². The summed E-state index contributed by atoms with van der Waals surface area (Å²) in [6.07, 6.45) is 5.32. The maximum atomic E-state index is 6.68. The molecule has 0 unspecified atom stereocenters. The first kappa shape index (κ1) is 30.3. The van der Waals surface area contributed by atoms with Crippen LogP contribution < -0.4 is 0 Å². The Kier molecular flexibility index (Phi) is 6.29. The molecule has 0 atom stereocenters. The molecular formula is C51H33N3O. The van der Waals surface area contributed by atoms with Crippen molar-refractivity contribution in [3.05, 3.63) is 187 Å². The molecule has 0 fully saturated rings. The van der Waals surface area contributed by atoms with E-state index in [0.29, 0.717) is 0 Å². The lowest BCUT2D eigenvalue weighted by Crippen LogP contribution is -2.14. The molecule has 0 N–H and O–H groups in total. The molecule has 0 saturated carbocycles. The Bertz CT molecular complexity index is 3460. The highest BCUT2D eigenvalue weighted by Gasteiger charge is 2.24. The fourth-order valence-corrected chi connectivity index (χ4v) is 8.96. The second kappa shape index (κ2) is 11.4. The van der Waals surface area contributed by atoms with Crippen LogP contribution in [0.5, 0.6) is 0 Å². The van der Waals surface area contributed by atoms with Gasteiger partial charge in [0, 0.05) is 55.8 Å². The van der Waals surface area contributed by atoms with Crippen LogP contribution in [-0.4, -0.2) is 15.0 Å². The summed E-state index contributed by atoms with van der Waals surface area (Å²) < 4.78 is 11.3. The third kappa shape index (κ3) is 4.49. The summed E-state index contributed by atoms with van der Waals surface area (Å²) in [5, 5.41) is 10.6. The average molecular weight is 704 g/mol. The van der Waals surface area contributed by atoms with Crippen LogP contribution in [0.2, 0.25) is 0 Å². The second-order valence-electron chi connectivity index (χ2n) is 14.8.